The molecule has 0 aliphatic carbocycles. The smallest absolute Gasteiger partial charge is 0.273 e. The van der Waals surface area contributed by atoms with Crippen LogP contribution in [-0.2, 0) is 14.8 Å². The second-order valence-corrected chi connectivity index (χ2v) is 6.82. The van der Waals surface area contributed by atoms with Gasteiger partial charge in [0.1, 0.15) is 0 Å². The lowest BCUT2D eigenvalue weighted by molar-refractivity contribution is -0.385. The number of hydrogen-bond acceptors (Lipinski definition) is 6. The molecule has 22 heavy (non-hydrogen) atoms. The van der Waals surface area contributed by atoms with Gasteiger partial charge in [-0.25, -0.2) is 13.1 Å². The molecule has 1 aromatic rings. The van der Waals surface area contributed by atoms with Gasteiger partial charge in [-0.3, -0.25) is 15.0 Å². The van der Waals surface area contributed by atoms with Crippen molar-refractivity contribution in [3.63, 3.8) is 0 Å². The largest absolute Gasteiger partial charge is 0.379 e. The Balaban J connectivity index is 2.00. The Labute approximate surface area is 129 Å². The number of nitro groups is 1. The third-order valence-electron chi connectivity index (χ3n) is 3.51. The predicted molar refractivity (Wildman–Crippen MR) is 80.3 cm³/mol. The van der Waals surface area contributed by atoms with E-state index in [1.807, 2.05) is 0 Å². The second-order valence-electron chi connectivity index (χ2n) is 5.06. The SMILES string of the molecule is Cc1ccc(S(=O)(=O)NCCN2CCOCC2)cc1[N+](=O)[O-]. The first-order valence-corrected chi connectivity index (χ1v) is 8.43. The summed E-state index contributed by atoms with van der Waals surface area (Å²) in [5.41, 5.74) is 0.230. The molecule has 1 N–H and O–H groups in total. The van der Waals surface area contributed by atoms with Crippen molar-refractivity contribution in [2.24, 2.45) is 0 Å². The molecule has 0 radical (unpaired) electrons. The van der Waals surface area contributed by atoms with E-state index in [1.165, 1.54) is 12.1 Å². The Bertz CT molecular complexity index is 641. The van der Waals surface area contributed by atoms with Crippen LogP contribution in [0.2, 0.25) is 0 Å². The minimum Gasteiger partial charge on any atom is -0.379 e. The average molecular weight is 329 g/mol. The first-order chi connectivity index (χ1) is 10.4. The van der Waals surface area contributed by atoms with E-state index in [-0.39, 0.29) is 17.1 Å². The number of nitrogens with zero attached hydrogens (tertiary/aromatic N) is 2. The molecule has 8 nitrogen and oxygen atoms in total. The summed E-state index contributed by atoms with van der Waals surface area (Å²) >= 11 is 0. The van der Waals surface area contributed by atoms with Crippen molar-refractivity contribution in [1.82, 2.24) is 9.62 Å². The van der Waals surface area contributed by atoms with Crippen LogP contribution in [0.5, 0.6) is 0 Å². The van der Waals surface area contributed by atoms with Gasteiger partial charge in [0.05, 0.1) is 23.0 Å². The lowest BCUT2D eigenvalue weighted by Crippen LogP contribution is -2.41. The molecule has 0 aromatic heterocycles. The lowest BCUT2D eigenvalue weighted by Gasteiger charge is -2.26. The number of hydrogen-bond donors (Lipinski definition) is 1. The normalized spacial score (nSPS) is 16.6. The van der Waals surface area contributed by atoms with Crippen molar-refractivity contribution in [3.8, 4) is 0 Å². The molecule has 0 spiro atoms. The number of benzene rings is 1. The van der Waals surface area contributed by atoms with E-state index < -0.39 is 14.9 Å². The number of sulfonamides is 1. The molecule has 1 heterocycles. The van der Waals surface area contributed by atoms with E-state index in [1.54, 1.807) is 6.92 Å². The van der Waals surface area contributed by atoms with Gasteiger partial charge in [-0.2, -0.15) is 0 Å². The van der Waals surface area contributed by atoms with E-state index in [0.717, 1.165) is 19.2 Å². The quantitative estimate of drug-likeness (QED) is 0.603. The van der Waals surface area contributed by atoms with Gasteiger partial charge in [0.15, 0.2) is 0 Å². The highest BCUT2D eigenvalue weighted by atomic mass is 32.2. The molecule has 1 aliphatic heterocycles. The Morgan fingerprint density at radius 1 is 1.36 bits per heavy atom. The van der Waals surface area contributed by atoms with Gasteiger partial charge in [-0.05, 0) is 13.0 Å². The van der Waals surface area contributed by atoms with Crippen molar-refractivity contribution >= 4 is 15.7 Å². The Morgan fingerprint density at radius 3 is 2.68 bits per heavy atom. The number of morpholine rings is 1. The molecule has 0 saturated carbocycles. The summed E-state index contributed by atoms with van der Waals surface area (Å²) in [4.78, 5) is 12.3. The van der Waals surface area contributed by atoms with Gasteiger partial charge >= 0.3 is 0 Å². The molecule has 0 bridgehead atoms. The standard InChI is InChI=1S/C13H19N3O5S/c1-11-2-3-12(10-13(11)16(17)18)22(19,20)14-4-5-15-6-8-21-9-7-15/h2-3,10,14H,4-9H2,1H3. The van der Waals surface area contributed by atoms with Crippen molar-refractivity contribution in [2.45, 2.75) is 11.8 Å². The van der Waals surface area contributed by atoms with Crippen LogP contribution in [0.25, 0.3) is 0 Å². The fraction of sp³-hybridized carbons (Fsp3) is 0.538. The molecule has 0 amide bonds. The van der Waals surface area contributed by atoms with Gasteiger partial charge in [0, 0.05) is 37.8 Å². The van der Waals surface area contributed by atoms with E-state index in [0.29, 0.717) is 25.3 Å². The zero-order valence-electron chi connectivity index (χ0n) is 12.3. The number of ether oxygens (including phenoxy) is 1. The minimum absolute atomic E-state index is 0.0909. The molecule has 1 aromatic carbocycles. The highest BCUT2D eigenvalue weighted by Crippen LogP contribution is 2.21. The summed E-state index contributed by atoms with van der Waals surface area (Å²) in [6.45, 7) is 5.25. The van der Waals surface area contributed by atoms with Crippen LogP contribution in [0.3, 0.4) is 0 Å². The Morgan fingerprint density at radius 2 is 2.05 bits per heavy atom. The number of nitro benzene ring substituents is 1. The van der Waals surface area contributed by atoms with Gasteiger partial charge < -0.3 is 4.74 Å². The molecule has 9 heteroatoms. The molecule has 1 saturated heterocycles. The molecule has 1 fully saturated rings. The lowest BCUT2D eigenvalue weighted by atomic mass is 10.2. The van der Waals surface area contributed by atoms with Gasteiger partial charge in [0.25, 0.3) is 5.69 Å². The summed E-state index contributed by atoms with van der Waals surface area (Å²) in [7, 11) is -3.75. The first-order valence-electron chi connectivity index (χ1n) is 6.95. The molecule has 0 unspecified atom stereocenters. The second kappa shape index (κ2) is 7.14. The molecule has 122 valence electrons. The van der Waals surface area contributed by atoms with E-state index in [2.05, 4.69) is 9.62 Å². The van der Waals surface area contributed by atoms with Gasteiger partial charge in [-0.1, -0.05) is 6.07 Å². The average Bonchev–Trinajstić information content (AvgIpc) is 2.48. The van der Waals surface area contributed by atoms with Crippen molar-refractivity contribution < 1.29 is 18.1 Å². The van der Waals surface area contributed by atoms with Gasteiger partial charge in [0.2, 0.25) is 10.0 Å². The number of nitrogens with one attached hydrogen (secondary N) is 1. The fourth-order valence-electron chi connectivity index (χ4n) is 2.20. The molecular weight excluding hydrogens is 310 g/mol. The summed E-state index contributed by atoms with van der Waals surface area (Å²) in [6.07, 6.45) is 0. The zero-order chi connectivity index (χ0) is 16.2. The maximum Gasteiger partial charge on any atom is 0.273 e. The van der Waals surface area contributed by atoms with Gasteiger partial charge in [-0.15, -0.1) is 0 Å². The fourth-order valence-corrected chi connectivity index (χ4v) is 3.24. The minimum atomic E-state index is -3.75. The maximum absolute atomic E-state index is 12.2. The number of rotatable bonds is 6. The maximum atomic E-state index is 12.2. The topological polar surface area (TPSA) is 102 Å². The molecule has 2 rings (SSSR count). The van der Waals surface area contributed by atoms with Crippen LogP contribution in [-0.4, -0.2) is 57.6 Å². The van der Waals surface area contributed by atoms with Crippen LogP contribution in [0.4, 0.5) is 5.69 Å². The first kappa shape index (κ1) is 16.8. The summed E-state index contributed by atoms with van der Waals surface area (Å²) < 4.78 is 32.1. The summed E-state index contributed by atoms with van der Waals surface area (Å²) in [5.74, 6) is 0. The predicted octanol–water partition coefficient (Wildman–Crippen LogP) is 0.514. The van der Waals surface area contributed by atoms with E-state index in [4.69, 9.17) is 4.74 Å². The zero-order valence-corrected chi connectivity index (χ0v) is 13.1. The molecular formula is C13H19N3O5S. The Hall–Kier alpha value is -1.55. The monoisotopic (exact) mass is 329 g/mol. The third-order valence-corrected chi connectivity index (χ3v) is 4.97. The van der Waals surface area contributed by atoms with E-state index in [9.17, 15) is 18.5 Å². The van der Waals surface area contributed by atoms with Crippen molar-refractivity contribution in [2.75, 3.05) is 39.4 Å². The van der Waals surface area contributed by atoms with Crippen molar-refractivity contribution in [3.05, 3.63) is 33.9 Å². The van der Waals surface area contributed by atoms with Crippen LogP contribution in [0, 0.1) is 17.0 Å². The Kier molecular flexibility index (Phi) is 5.46. The number of aryl methyl sites for hydroxylation is 1. The highest BCUT2D eigenvalue weighted by Gasteiger charge is 2.20. The third kappa shape index (κ3) is 4.23. The summed E-state index contributed by atoms with van der Waals surface area (Å²) in [6, 6.07) is 3.90. The summed E-state index contributed by atoms with van der Waals surface area (Å²) in [5, 5.41) is 10.9. The molecule has 1 aliphatic rings. The van der Waals surface area contributed by atoms with Crippen LogP contribution in [0.15, 0.2) is 23.1 Å². The highest BCUT2D eigenvalue weighted by molar-refractivity contribution is 7.89. The van der Waals surface area contributed by atoms with E-state index >= 15 is 0 Å². The molecule has 0 atom stereocenters. The van der Waals surface area contributed by atoms with Crippen LogP contribution in [0.1, 0.15) is 5.56 Å². The van der Waals surface area contributed by atoms with Crippen LogP contribution >= 0.6 is 0 Å². The van der Waals surface area contributed by atoms with Crippen LogP contribution < -0.4 is 4.72 Å². The van der Waals surface area contributed by atoms with Crippen molar-refractivity contribution in [1.29, 1.82) is 0 Å².